The summed E-state index contributed by atoms with van der Waals surface area (Å²) in [4.78, 5) is 11.0. The van der Waals surface area contributed by atoms with Gasteiger partial charge in [-0.1, -0.05) is 20.3 Å². The van der Waals surface area contributed by atoms with Crippen LogP contribution >= 0.6 is 0 Å². The number of rotatable bonds is 5. The van der Waals surface area contributed by atoms with Gasteiger partial charge in [0.2, 0.25) is 5.91 Å². The van der Waals surface area contributed by atoms with E-state index in [2.05, 4.69) is 26.1 Å². The smallest absolute Gasteiger partial charge is 0.248 e. The van der Waals surface area contributed by atoms with Crippen LogP contribution in [0.15, 0.2) is 18.2 Å². The van der Waals surface area contributed by atoms with Crippen LogP contribution in [0, 0.1) is 12.8 Å². The monoisotopic (exact) mass is 234 g/mol. The van der Waals surface area contributed by atoms with Gasteiger partial charge in [-0.05, 0) is 43.5 Å². The predicted molar refractivity (Wildman–Crippen MR) is 72.2 cm³/mol. The number of nitrogens with one attached hydrogen (secondary N) is 1. The topological polar surface area (TPSA) is 55.1 Å². The van der Waals surface area contributed by atoms with E-state index in [1.165, 1.54) is 0 Å². The fourth-order valence-electron chi connectivity index (χ4n) is 1.72. The third-order valence-electron chi connectivity index (χ3n) is 3.39. The summed E-state index contributed by atoms with van der Waals surface area (Å²) < 4.78 is 0. The van der Waals surface area contributed by atoms with E-state index in [1.54, 1.807) is 6.07 Å². The van der Waals surface area contributed by atoms with Gasteiger partial charge in [0, 0.05) is 17.3 Å². The van der Waals surface area contributed by atoms with Crippen molar-refractivity contribution in [1.82, 2.24) is 0 Å². The van der Waals surface area contributed by atoms with Crippen LogP contribution in [-0.4, -0.2) is 11.9 Å². The molecule has 0 spiro atoms. The number of anilines is 1. The molecule has 3 heteroatoms. The van der Waals surface area contributed by atoms with E-state index in [0.29, 0.717) is 17.5 Å². The predicted octanol–water partition coefficient (Wildman–Crippen LogP) is 2.94. The summed E-state index contributed by atoms with van der Waals surface area (Å²) >= 11 is 0. The highest BCUT2D eigenvalue weighted by atomic mass is 16.1. The van der Waals surface area contributed by atoms with Gasteiger partial charge < -0.3 is 11.1 Å². The number of primary amides is 1. The molecule has 94 valence electrons. The van der Waals surface area contributed by atoms with E-state index in [9.17, 15) is 4.79 Å². The summed E-state index contributed by atoms with van der Waals surface area (Å²) in [6.07, 6.45) is 1.15. The van der Waals surface area contributed by atoms with Crippen molar-refractivity contribution in [3.63, 3.8) is 0 Å². The third-order valence-corrected chi connectivity index (χ3v) is 3.39. The Balaban J connectivity index is 2.82. The molecule has 1 amide bonds. The lowest BCUT2D eigenvalue weighted by atomic mass is 10.00. The second-order valence-corrected chi connectivity index (χ2v) is 4.71. The fraction of sp³-hybridized carbons (Fsp3) is 0.500. The summed E-state index contributed by atoms with van der Waals surface area (Å²) in [6, 6.07) is 5.93. The number of aryl methyl sites for hydroxylation is 1. The maximum atomic E-state index is 11.0. The van der Waals surface area contributed by atoms with E-state index < -0.39 is 0 Å². The molecule has 0 aliphatic rings. The SMILES string of the molecule is CCC(C)C(C)Nc1ccc(C(N)=O)cc1C. The molecule has 1 rings (SSSR count). The molecule has 0 radical (unpaired) electrons. The molecule has 2 unspecified atom stereocenters. The first-order valence-corrected chi connectivity index (χ1v) is 6.12. The van der Waals surface area contributed by atoms with Gasteiger partial charge >= 0.3 is 0 Å². The Hall–Kier alpha value is -1.51. The summed E-state index contributed by atoms with van der Waals surface area (Å²) in [5.74, 6) is 0.236. The molecule has 1 aromatic carbocycles. The zero-order valence-electron chi connectivity index (χ0n) is 11.1. The van der Waals surface area contributed by atoms with Gasteiger partial charge in [-0.3, -0.25) is 4.79 Å². The molecule has 0 aromatic heterocycles. The van der Waals surface area contributed by atoms with Gasteiger partial charge in [-0.15, -0.1) is 0 Å². The first kappa shape index (κ1) is 13.6. The zero-order valence-corrected chi connectivity index (χ0v) is 11.1. The average molecular weight is 234 g/mol. The lowest BCUT2D eigenvalue weighted by molar-refractivity contribution is 0.1000. The zero-order chi connectivity index (χ0) is 13.0. The minimum atomic E-state index is -0.380. The van der Waals surface area contributed by atoms with Crippen molar-refractivity contribution in [2.75, 3.05) is 5.32 Å². The van der Waals surface area contributed by atoms with Gasteiger partial charge in [0.1, 0.15) is 0 Å². The summed E-state index contributed by atoms with van der Waals surface area (Å²) in [5.41, 5.74) is 7.93. The number of hydrogen-bond donors (Lipinski definition) is 2. The van der Waals surface area contributed by atoms with Crippen molar-refractivity contribution >= 4 is 11.6 Å². The Kier molecular flexibility index (Phi) is 4.55. The van der Waals surface area contributed by atoms with Gasteiger partial charge in [-0.2, -0.15) is 0 Å². The maximum absolute atomic E-state index is 11.0. The van der Waals surface area contributed by atoms with Crippen LogP contribution < -0.4 is 11.1 Å². The Bertz CT molecular complexity index is 401. The first-order valence-electron chi connectivity index (χ1n) is 6.12. The first-order chi connectivity index (χ1) is 7.95. The number of benzene rings is 1. The molecule has 1 aromatic rings. The van der Waals surface area contributed by atoms with Crippen molar-refractivity contribution in [2.24, 2.45) is 11.7 Å². The Morgan fingerprint density at radius 1 is 1.41 bits per heavy atom. The van der Waals surface area contributed by atoms with Crippen molar-refractivity contribution in [2.45, 2.75) is 40.2 Å². The van der Waals surface area contributed by atoms with Crippen LogP contribution in [0.5, 0.6) is 0 Å². The Morgan fingerprint density at radius 3 is 2.53 bits per heavy atom. The second-order valence-electron chi connectivity index (χ2n) is 4.71. The second kappa shape index (κ2) is 5.71. The molecule has 0 fully saturated rings. The molecule has 0 saturated heterocycles. The minimum absolute atomic E-state index is 0.380. The molecule has 0 aliphatic carbocycles. The van der Waals surface area contributed by atoms with E-state index in [0.717, 1.165) is 17.7 Å². The van der Waals surface area contributed by atoms with E-state index in [4.69, 9.17) is 5.73 Å². The van der Waals surface area contributed by atoms with E-state index in [-0.39, 0.29) is 5.91 Å². The number of nitrogens with two attached hydrogens (primary N) is 1. The standard InChI is InChI=1S/C14H22N2O/c1-5-9(2)11(4)16-13-7-6-12(14(15)17)8-10(13)3/h6-9,11,16H,5H2,1-4H3,(H2,15,17). The van der Waals surface area contributed by atoms with Gasteiger partial charge in [0.15, 0.2) is 0 Å². The van der Waals surface area contributed by atoms with Crippen molar-refractivity contribution in [1.29, 1.82) is 0 Å². The largest absolute Gasteiger partial charge is 0.382 e. The minimum Gasteiger partial charge on any atom is -0.382 e. The molecular formula is C14H22N2O. The number of carbonyl (C=O) groups is 1. The highest BCUT2D eigenvalue weighted by Crippen LogP contribution is 2.20. The maximum Gasteiger partial charge on any atom is 0.248 e. The number of carbonyl (C=O) groups excluding carboxylic acids is 1. The van der Waals surface area contributed by atoms with E-state index >= 15 is 0 Å². The van der Waals surface area contributed by atoms with Crippen LogP contribution in [0.1, 0.15) is 43.1 Å². The molecule has 3 nitrogen and oxygen atoms in total. The van der Waals surface area contributed by atoms with Gasteiger partial charge in [0.25, 0.3) is 0 Å². The molecule has 0 saturated carbocycles. The van der Waals surface area contributed by atoms with Crippen molar-refractivity contribution < 1.29 is 4.79 Å². The van der Waals surface area contributed by atoms with Crippen molar-refractivity contribution in [3.8, 4) is 0 Å². The summed E-state index contributed by atoms with van der Waals surface area (Å²) in [6.45, 7) is 8.57. The fourth-order valence-corrected chi connectivity index (χ4v) is 1.72. The molecule has 3 N–H and O–H groups in total. The Morgan fingerprint density at radius 2 is 2.06 bits per heavy atom. The summed E-state index contributed by atoms with van der Waals surface area (Å²) in [7, 11) is 0. The Labute approximate surface area is 103 Å². The molecule has 0 aliphatic heterocycles. The summed E-state index contributed by atoms with van der Waals surface area (Å²) in [5, 5.41) is 3.47. The van der Waals surface area contributed by atoms with Crippen LogP contribution in [0.3, 0.4) is 0 Å². The number of hydrogen-bond acceptors (Lipinski definition) is 2. The lowest BCUT2D eigenvalue weighted by Gasteiger charge is -2.22. The third kappa shape index (κ3) is 3.48. The lowest BCUT2D eigenvalue weighted by Crippen LogP contribution is -2.23. The van der Waals surface area contributed by atoms with E-state index in [1.807, 2.05) is 19.1 Å². The molecule has 0 heterocycles. The van der Waals surface area contributed by atoms with Crippen LogP contribution in [0.4, 0.5) is 5.69 Å². The highest BCUT2D eigenvalue weighted by Gasteiger charge is 2.11. The van der Waals surface area contributed by atoms with Crippen LogP contribution in [-0.2, 0) is 0 Å². The quantitative estimate of drug-likeness (QED) is 0.823. The van der Waals surface area contributed by atoms with Crippen LogP contribution in [0.2, 0.25) is 0 Å². The molecule has 17 heavy (non-hydrogen) atoms. The molecule has 2 atom stereocenters. The average Bonchev–Trinajstić information content (AvgIpc) is 2.30. The highest BCUT2D eigenvalue weighted by molar-refractivity contribution is 5.93. The molecular weight excluding hydrogens is 212 g/mol. The normalized spacial score (nSPS) is 14.1. The van der Waals surface area contributed by atoms with Gasteiger partial charge in [0.05, 0.1) is 0 Å². The number of amides is 1. The van der Waals surface area contributed by atoms with Gasteiger partial charge in [-0.25, -0.2) is 0 Å². The van der Waals surface area contributed by atoms with Crippen molar-refractivity contribution in [3.05, 3.63) is 29.3 Å². The molecule has 0 bridgehead atoms. The van der Waals surface area contributed by atoms with Crippen LogP contribution in [0.25, 0.3) is 0 Å².